The number of oxazole rings is 1. The van der Waals surface area contributed by atoms with Gasteiger partial charge in [0.1, 0.15) is 5.76 Å². The first-order valence-corrected chi connectivity index (χ1v) is 5.69. The normalized spacial score (nSPS) is 19.2. The van der Waals surface area contributed by atoms with E-state index >= 15 is 0 Å². The van der Waals surface area contributed by atoms with Crippen molar-refractivity contribution in [3.05, 3.63) is 16.3 Å². The summed E-state index contributed by atoms with van der Waals surface area (Å²) in [5.74, 6) is 1.63. The van der Waals surface area contributed by atoms with Gasteiger partial charge in [-0.2, -0.15) is 0 Å². The first kappa shape index (κ1) is 9.25. The van der Waals surface area contributed by atoms with Crippen molar-refractivity contribution in [2.75, 3.05) is 0 Å². The fourth-order valence-corrected chi connectivity index (χ4v) is 2.56. The smallest absolute Gasteiger partial charge is 0.264 e. The van der Waals surface area contributed by atoms with Crippen molar-refractivity contribution in [2.45, 2.75) is 44.9 Å². The molecule has 0 aliphatic heterocycles. The third kappa shape index (κ3) is 1.96. The number of hydrogen-bond acceptors (Lipinski definition) is 2. The molecule has 0 spiro atoms. The standard InChI is InChI=1S/C10H14BrNO/c1-7-9(12-10(11)13-7)8-5-3-2-4-6-8/h8H,2-6H2,1H3. The summed E-state index contributed by atoms with van der Waals surface area (Å²) in [5, 5.41) is 0. The molecule has 1 fully saturated rings. The lowest BCUT2D eigenvalue weighted by molar-refractivity contribution is 0.430. The molecular weight excluding hydrogens is 230 g/mol. The lowest BCUT2D eigenvalue weighted by atomic mass is 9.86. The van der Waals surface area contributed by atoms with Gasteiger partial charge in [-0.05, 0) is 19.8 Å². The minimum Gasteiger partial charge on any atom is -0.436 e. The zero-order valence-corrected chi connectivity index (χ0v) is 9.43. The summed E-state index contributed by atoms with van der Waals surface area (Å²) in [6.07, 6.45) is 6.62. The van der Waals surface area contributed by atoms with Gasteiger partial charge in [0.05, 0.1) is 5.69 Å². The van der Waals surface area contributed by atoms with Gasteiger partial charge < -0.3 is 4.42 Å². The molecule has 72 valence electrons. The molecule has 0 saturated heterocycles. The van der Waals surface area contributed by atoms with Crippen LogP contribution in [0.2, 0.25) is 0 Å². The second kappa shape index (κ2) is 3.82. The van der Waals surface area contributed by atoms with Crippen LogP contribution >= 0.6 is 15.9 Å². The maximum Gasteiger partial charge on any atom is 0.264 e. The number of halogens is 1. The Morgan fingerprint density at radius 2 is 2.00 bits per heavy atom. The summed E-state index contributed by atoms with van der Waals surface area (Å²) < 4.78 is 5.37. The highest BCUT2D eigenvalue weighted by Gasteiger charge is 2.21. The second-order valence-electron chi connectivity index (χ2n) is 3.74. The number of aromatic nitrogens is 1. The first-order chi connectivity index (χ1) is 6.27. The molecular formula is C10H14BrNO. The van der Waals surface area contributed by atoms with E-state index in [-0.39, 0.29) is 0 Å². The molecule has 2 rings (SSSR count). The Kier molecular flexibility index (Phi) is 2.72. The van der Waals surface area contributed by atoms with Crippen molar-refractivity contribution in [3.63, 3.8) is 0 Å². The molecule has 0 unspecified atom stereocenters. The Bertz CT molecular complexity index is 289. The lowest BCUT2D eigenvalue weighted by Gasteiger charge is -2.19. The van der Waals surface area contributed by atoms with Crippen LogP contribution in [0.5, 0.6) is 0 Å². The average molecular weight is 244 g/mol. The number of nitrogens with zero attached hydrogens (tertiary/aromatic N) is 1. The monoisotopic (exact) mass is 243 g/mol. The van der Waals surface area contributed by atoms with Gasteiger partial charge in [0.15, 0.2) is 0 Å². The highest BCUT2D eigenvalue weighted by Crippen LogP contribution is 2.34. The molecule has 1 aliphatic carbocycles. The Morgan fingerprint density at radius 1 is 1.31 bits per heavy atom. The van der Waals surface area contributed by atoms with E-state index in [1.165, 1.54) is 37.8 Å². The van der Waals surface area contributed by atoms with Crippen LogP contribution in [0.1, 0.15) is 49.5 Å². The largest absolute Gasteiger partial charge is 0.436 e. The fraction of sp³-hybridized carbons (Fsp3) is 0.700. The van der Waals surface area contributed by atoms with Crippen molar-refractivity contribution in [3.8, 4) is 0 Å². The first-order valence-electron chi connectivity index (χ1n) is 4.90. The molecule has 1 aromatic rings. The molecule has 2 nitrogen and oxygen atoms in total. The highest BCUT2D eigenvalue weighted by molar-refractivity contribution is 9.10. The van der Waals surface area contributed by atoms with Gasteiger partial charge >= 0.3 is 0 Å². The Labute approximate surface area is 86.9 Å². The lowest BCUT2D eigenvalue weighted by Crippen LogP contribution is -2.05. The minimum atomic E-state index is 0.630. The third-order valence-electron chi connectivity index (χ3n) is 2.80. The van der Waals surface area contributed by atoms with E-state index in [0.717, 1.165) is 5.76 Å². The van der Waals surface area contributed by atoms with Gasteiger partial charge in [0.2, 0.25) is 0 Å². The molecule has 3 heteroatoms. The van der Waals surface area contributed by atoms with Crippen molar-refractivity contribution in [2.24, 2.45) is 0 Å². The fourth-order valence-electron chi connectivity index (χ4n) is 2.13. The molecule has 0 bridgehead atoms. The van der Waals surface area contributed by atoms with Crippen LogP contribution < -0.4 is 0 Å². The molecule has 1 aliphatic rings. The summed E-state index contributed by atoms with van der Waals surface area (Å²) in [7, 11) is 0. The van der Waals surface area contributed by atoms with Gasteiger partial charge in [-0.15, -0.1) is 0 Å². The number of aryl methyl sites for hydroxylation is 1. The van der Waals surface area contributed by atoms with Crippen LogP contribution in [-0.2, 0) is 0 Å². The van der Waals surface area contributed by atoms with Gasteiger partial charge in [-0.3, -0.25) is 0 Å². The Morgan fingerprint density at radius 3 is 2.54 bits per heavy atom. The van der Waals surface area contributed by atoms with Crippen LogP contribution in [0.25, 0.3) is 0 Å². The van der Waals surface area contributed by atoms with E-state index in [9.17, 15) is 0 Å². The van der Waals surface area contributed by atoms with Crippen molar-refractivity contribution < 1.29 is 4.42 Å². The van der Waals surface area contributed by atoms with Crippen LogP contribution in [0, 0.1) is 6.92 Å². The van der Waals surface area contributed by atoms with Gasteiger partial charge in [-0.1, -0.05) is 19.3 Å². The van der Waals surface area contributed by atoms with Gasteiger partial charge in [0.25, 0.3) is 4.80 Å². The van der Waals surface area contributed by atoms with Crippen LogP contribution in [-0.4, -0.2) is 4.98 Å². The van der Waals surface area contributed by atoms with E-state index in [4.69, 9.17) is 4.42 Å². The van der Waals surface area contributed by atoms with E-state index in [0.29, 0.717) is 10.7 Å². The van der Waals surface area contributed by atoms with E-state index in [2.05, 4.69) is 20.9 Å². The Hall–Kier alpha value is -0.310. The SMILES string of the molecule is Cc1oc(Br)nc1C1CCCCC1. The highest BCUT2D eigenvalue weighted by atomic mass is 79.9. The van der Waals surface area contributed by atoms with Crippen LogP contribution in [0.4, 0.5) is 0 Å². The molecule has 0 radical (unpaired) electrons. The zero-order valence-electron chi connectivity index (χ0n) is 7.85. The predicted octanol–water partition coefficient (Wildman–Crippen LogP) is 3.79. The summed E-state index contributed by atoms with van der Waals surface area (Å²) >= 11 is 3.27. The number of hydrogen-bond donors (Lipinski definition) is 0. The zero-order chi connectivity index (χ0) is 9.26. The van der Waals surface area contributed by atoms with Crippen molar-refractivity contribution in [1.29, 1.82) is 0 Å². The number of rotatable bonds is 1. The average Bonchev–Trinajstić information content (AvgIpc) is 2.47. The van der Waals surface area contributed by atoms with Gasteiger partial charge in [0, 0.05) is 21.8 Å². The second-order valence-corrected chi connectivity index (χ2v) is 4.42. The molecule has 0 amide bonds. The summed E-state index contributed by atoms with van der Waals surface area (Å²) in [6.45, 7) is 2.00. The Balaban J connectivity index is 2.18. The maximum absolute atomic E-state index is 5.37. The summed E-state index contributed by atoms with van der Waals surface area (Å²) in [4.78, 5) is 5.01. The summed E-state index contributed by atoms with van der Waals surface area (Å²) in [5.41, 5.74) is 1.17. The molecule has 1 heterocycles. The predicted molar refractivity (Wildman–Crippen MR) is 54.8 cm³/mol. The van der Waals surface area contributed by atoms with E-state index < -0.39 is 0 Å². The van der Waals surface area contributed by atoms with E-state index in [1.807, 2.05) is 6.92 Å². The molecule has 1 aromatic heterocycles. The van der Waals surface area contributed by atoms with E-state index in [1.54, 1.807) is 0 Å². The summed E-state index contributed by atoms with van der Waals surface area (Å²) in [6, 6.07) is 0. The topological polar surface area (TPSA) is 26.0 Å². The third-order valence-corrected chi connectivity index (χ3v) is 3.14. The molecule has 0 atom stereocenters. The molecule has 13 heavy (non-hydrogen) atoms. The molecule has 1 saturated carbocycles. The molecule has 0 aromatic carbocycles. The van der Waals surface area contributed by atoms with Crippen molar-refractivity contribution in [1.82, 2.24) is 4.98 Å². The van der Waals surface area contributed by atoms with Crippen LogP contribution in [0.15, 0.2) is 9.22 Å². The minimum absolute atomic E-state index is 0.630. The van der Waals surface area contributed by atoms with Gasteiger partial charge in [-0.25, -0.2) is 4.98 Å². The van der Waals surface area contributed by atoms with Crippen LogP contribution in [0.3, 0.4) is 0 Å². The molecule has 0 N–H and O–H groups in total. The van der Waals surface area contributed by atoms with Crippen molar-refractivity contribution >= 4 is 15.9 Å². The maximum atomic E-state index is 5.37. The quantitative estimate of drug-likeness (QED) is 0.751.